The van der Waals surface area contributed by atoms with Gasteiger partial charge in [-0.1, -0.05) is 32.9 Å². The summed E-state index contributed by atoms with van der Waals surface area (Å²) in [4.78, 5) is 15.5. The highest BCUT2D eigenvalue weighted by Crippen LogP contribution is 2.33. The highest BCUT2D eigenvalue weighted by molar-refractivity contribution is 9.10. The van der Waals surface area contributed by atoms with Crippen LogP contribution >= 0.6 is 15.9 Å². The van der Waals surface area contributed by atoms with Gasteiger partial charge in [-0.25, -0.2) is 0 Å². The number of carbonyl (C=O) groups is 1. The van der Waals surface area contributed by atoms with Gasteiger partial charge in [0, 0.05) is 21.6 Å². The fourth-order valence-corrected chi connectivity index (χ4v) is 2.60. The van der Waals surface area contributed by atoms with Crippen molar-refractivity contribution in [3.05, 3.63) is 40.0 Å². The number of nitrogens with zero attached hydrogens (tertiary/aromatic N) is 1. The number of aromatic nitrogens is 1. The minimum Gasteiger partial charge on any atom is -0.298 e. The van der Waals surface area contributed by atoms with Crippen LogP contribution in [0.2, 0.25) is 0 Å². The zero-order valence-corrected chi connectivity index (χ0v) is 11.7. The molecule has 0 aliphatic heterocycles. The van der Waals surface area contributed by atoms with Crippen molar-refractivity contribution in [1.29, 1.82) is 0 Å². The van der Waals surface area contributed by atoms with E-state index in [4.69, 9.17) is 0 Å². The summed E-state index contributed by atoms with van der Waals surface area (Å²) in [6, 6.07) is 5.95. The molecule has 0 radical (unpaired) electrons. The molecule has 3 heteroatoms. The average Bonchev–Trinajstić information content (AvgIpc) is 2.26. The molecule has 1 aromatic heterocycles. The van der Waals surface area contributed by atoms with Crippen LogP contribution in [0.15, 0.2) is 28.9 Å². The summed E-state index contributed by atoms with van der Waals surface area (Å²) in [5.41, 5.74) is 2.54. The molecule has 0 aliphatic carbocycles. The second-order valence-corrected chi connectivity index (χ2v) is 5.95. The van der Waals surface area contributed by atoms with Crippen LogP contribution < -0.4 is 0 Å². The van der Waals surface area contributed by atoms with E-state index < -0.39 is 0 Å². The summed E-state index contributed by atoms with van der Waals surface area (Å²) in [6.07, 6.45) is 2.54. The highest BCUT2D eigenvalue weighted by atomic mass is 79.9. The number of pyridine rings is 1. The minimum absolute atomic E-state index is 0.0851. The first-order valence-electron chi connectivity index (χ1n) is 5.48. The standard InChI is InChI=1S/C14H14BrNO/c1-14(2,3)12-9(8-17)7-16-13-10(12)5-4-6-11(13)15/h4-8H,1-3H3. The summed E-state index contributed by atoms with van der Waals surface area (Å²) in [6.45, 7) is 6.32. The van der Waals surface area contributed by atoms with Crippen molar-refractivity contribution in [2.45, 2.75) is 26.2 Å². The van der Waals surface area contributed by atoms with Crippen LogP contribution in [0, 0.1) is 0 Å². The van der Waals surface area contributed by atoms with Crippen LogP contribution in [0.5, 0.6) is 0 Å². The van der Waals surface area contributed by atoms with Crippen molar-refractivity contribution in [3.63, 3.8) is 0 Å². The smallest absolute Gasteiger partial charge is 0.151 e. The fraction of sp³-hybridized carbons (Fsp3) is 0.286. The largest absolute Gasteiger partial charge is 0.298 e. The van der Waals surface area contributed by atoms with Crippen molar-refractivity contribution in [3.8, 4) is 0 Å². The zero-order valence-electron chi connectivity index (χ0n) is 10.1. The maximum atomic E-state index is 11.2. The van der Waals surface area contributed by atoms with Crippen LogP contribution in [0.1, 0.15) is 36.7 Å². The number of aldehydes is 1. The monoisotopic (exact) mass is 291 g/mol. The van der Waals surface area contributed by atoms with E-state index in [1.54, 1.807) is 6.20 Å². The topological polar surface area (TPSA) is 30.0 Å². The number of hydrogen-bond donors (Lipinski definition) is 0. The Labute approximate surface area is 109 Å². The molecule has 2 rings (SSSR count). The van der Waals surface area contributed by atoms with Gasteiger partial charge in [-0.2, -0.15) is 0 Å². The Kier molecular flexibility index (Phi) is 3.04. The van der Waals surface area contributed by atoms with Gasteiger partial charge in [0.15, 0.2) is 6.29 Å². The molecule has 0 saturated heterocycles. The van der Waals surface area contributed by atoms with E-state index in [1.807, 2.05) is 18.2 Å². The predicted octanol–water partition coefficient (Wildman–Crippen LogP) is 4.11. The molecule has 2 aromatic rings. The second kappa shape index (κ2) is 4.22. The Morgan fingerprint density at radius 3 is 2.59 bits per heavy atom. The minimum atomic E-state index is -0.0851. The highest BCUT2D eigenvalue weighted by Gasteiger charge is 2.21. The number of benzene rings is 1. The quantitative estimate of drug-likeness (QED) is 0.740. The first-order valence-corrected chi connectivity index (χ1v) is 6.27. The molecule has 1 aromatic carbocycles. The number of halogens is 1. The van der Waals surface area contributed by atoms with Gasteiger partial charge >= 0.3 is 0 Å². The van der Waals surface area contributed by atoms with E-state index in [0.29, 0.717) is 5.56 Å². The van der Waals surface area contributed by atoms with Crippen LogP contribution in [-0.4, -0.2) is 11.3 Å². The predicted molar refractivity (Wildman–Crippen MR) is 73.5 cm³/mol. The van der Waals surface area contributed by atoms with Crippen molar-refractivity contribution in [2.75, 3.05) is 0 Å². The third-order valence-corrected chi connectivity index (χ3v) is 3.39. The molecule has 0 unspecified atom stereocenters. The SMILES string of the molecule is CC(C)(C)c1c(C=O)cnc2c(Br)cccc12. The van der Waals surface area contributed by atoms with Crippen LogP contribution in [-0.2, 0) is 5.41 Å². The number of hydrogen-bond acceptors (Lipinski definition) is 2. The number of rotatable bonds is 1. The molecule has 1 heterocycles. The Bertz CT molecular complexity index is 585. The maximum Gasteiger partial charge on any atom is 0.151 e. The van der Waals surface area contributed by atoms with Gasteiger partial charge in [0.2, 0.25) is 0 Å². The summed E-state index contributed by atoms with van der Waals surface area (Å²) in [7, 11) is 0. The lowest BCUT2D eigenvalue weighted by Crippen LogP contribution is -2.15. The summed E-state index contributed by atoms with van der Waals surface area (Å²) < 4.78 is 0.956. The first kappa shape index (κ1) is 12.2. The van der Waals surface area contributed by atoms with E-state index in [0.717, 1.165) is 27.2 Å². The van der Waals surface area contributed by atoms with E-state index >= 15 is 0 Å². The molecule has 0 fully saturated rings. The molecule has 88 valence electrons. The summed E-state index contributed by atoms with van der Waals surface area (Å²) in [5.74, 6) is 0. The van der Waals surface area contributed by atoms with Gasteiger partial charge in [0.25, 0.3) is 0 Å². The van der Waals surface area contributed by atoms with Crippen LogP contribution in [0.3, 0.4) is 0 Å². The number of para-hydroxylation sites is 1. The zero-order chi connectivity index (χ0) is 12.6. The normalized spacial score (nSPS) is 11.8. The lowest BCUT2D eigenvalue weighted by atomic mass is 9.82. The lowest BCUT2D eigenvalue weighted by Gasteiger charge is -2.23. The van der Waals surface area contributed by atoms with Gasteiger partial charge in [-0.3, -0.25) is 9.78 Å². The van der Waals surface area contributed by atoms with Gasteiger partial charge in [0.1, 0.15) is 0 Å². The number of fused-ring (bicyclic) bond motifs is 1. The Morgan fingerprint density at radius 1 is 1.29 bits per heavy atom. The van der Waals surface area contributed by atoms with Crippen molar-refractivity contribution in [1.82, 2.24) is 4.98 Å². The van der Waals surface area contributed by atoms with Crippen molar-refractivity contribution in [2.24, 2.45) is 0 Å². The van der Waals surface area contributed by atoms with Gasteiger partial charge in [-0.15, -0.1) is 0 Å². The van der Waals surface area contributed by atoms with Gasteiger partial charge in [-0.05, 0) is 33.0 Å². The van der Waals surface area contributed by atoms with Crippen LogP contribution in [0.25, 0.3) is 10.9 Å². The second-order valence-electron chi connectivity index (χ2n) is 5.09. The molecule has 0 amide bonds. The average molecular weight is 292 g/mol. The van der Waals surface area contributed by atoms with Crippen molar-refractivity contribution >= 4 is 33.1 Å². The van der Waals surface area contributed by atoms with Crippen molar-refractivity contribution < 1.29 is 4.79 Å². The van der Waals surface area contributed by atoms with E-state index in [9.17, 15) is 4.79 Å². The molecule has 0 N–H and O–H groups in total. The molecule has 0 spiro atoms. The van der Waals surface area contributed by atoms with E-state index in [1.165, 1.54) is 0 Å². The van der Waals surface area contributed by atoms with E-state index in [2.05, 4.69) is 41.7 Å². The molecule has 0 bridgehead atoms. The van der Waals surface area contributed by atoms with Crippen LogP contribution in [0.4, 0.5) is 0 Å². The molecule has 0 aliphatic rings. The fourth-order valence-electron chi connectivity index (χ4n) is 2.13. The number of carbonyl (C=O) groups excluding carboxylic acids is 1. The molecule has 17 heavy (non-hydrogen) atoms. The molecular weight excluding hydrogens is 278 g/mol. The van der Waals surface area contributed by atoms with E-state index in [-0.39, 0.29) is 5.41 Å². The maximum absolute atomic E-state index is 11.2. The summed E-state index contributed by atoms with van der Waals surface area (Å²) >= 11 is 3.49. The van der Waals surface area contributed by atoms with Gasteiger partial charge < -0.3 is 0 Å². The lowest BCUT2D eigenvalue weighted by molar-refractivity contribution is 0.112. The third-order valence-electron chi connectivity index (χ3n) is 2.75. The summed E-state index contributed by atoms with van der Waals surface area (Å²) in [5, 5.41) is 1.04. The van der Waals surface area contributed by atoms with Gasteiger partial charge in [0.05, 0.1) is 5.52 Å². The molecule has 0 saturated carbocycles. The Hall–Kier alpha value is -1.22. The molecular formula is C14H14BrNO. The Morgan fingerprint density at radius 2 is 2.00 bits per heavy atom. The Balaban J connectivity index is 2.94. The third kappa shape index (κ3) is 2.12. The molecule has 0 atom stereocenters. The molecule has 2 nitrogen and oxygen atoms in total. The first-order chi connectivity index (χ1) is 7.95.